The summed E-state index contributed by atoms with van der Waals surface area (Å²) in [6.07, 6.45) is 0.296. The minimum atomic E-state index is -0.0810. The van der Waals surface area contributed by atoms with Crippen molar-refractivity contribution in [3.63, 3.8) is 0 Å². The smallest absolute Gasteiger partial charge is 0.229 e. The van der Waals surface area contributed by atoms with E-state index in [4.69, 9.17) is 4.98 Å². The highest BCUT2D eigenvalue weighted by atomic mass is 32.1. The summed E-state index contributed by atoms with van der Waals surface area (Å²) in [5.74, 6) is 0.548. The van der Waals surface area contributed by atoms with Gasteiger partial charge in [0.2, 0.25) is 11.0 Å². The van der Waals surface area contributed by atoms with Gasteiger partial charge in [0.15, 0.2) is 0 Å². The van der Waals surface area contributed by atoms with Crippen LogP contribution in [0.3, 0.4) is 0 Å². The molecule has 5 rings (SSSR count). The standard InChI is InChI=1S/C23H18N4OS2/c1-15-12-21(27(26-15)23-24-19(14-30-23)20-10-5-11-29-20)25-22(28)13-17-8-4-7-16-6-2-3-9-18(16)17/h2-12,14H,13H2,1H3,(H,25,28). The lowest BCUT2D eigenvalue weighted by molar-refractivity contribution is -0.115. The van der Waals surface area contributed by atoms with E-state index < -0.39 is 0 Å². The van der Waals surface area contributed by atoms with Crippen molar-refractivity contribution in [2.75, 3.05) is 5.32 Å². The first-order valence-electron chi connectivity index (χ1n) is 9.50. The van der Waals surface area contributed by atoms with Crippen LogP contribution in [-0.4, -0.2) is 20.7 Å². The zero-order valence-electron chi connectivity index (χ0n) is 16.2. The maximum atomic E-state index is 12.8. The number of nitrogens with one attached hydrogen (secondary N) is 1. The second-order valence-electron chi connectivity index (χ2n) is 6.94. The van der Waals surface area contributed by atoms with Gasteiger partial charge in [-0.2, -0.15) is 9.78 Å². The molecule has 0 spiro atoms. The Bertz CT molecular complexity index is 1330. The Balaban J connectivity index is 1.40. The summed E-state index contributed by atoms with van der Waals surface area (Å²) in [6.45, 7) is 1.91. The third kappa shape index (κ3) is 3.65. The molecule has 5 nitrogen and oxygen atoms in total. The number of hydrogen-bond donors (Lipinski definition) is 1. The van der Waals surface area contributed by atoms with Crippen molar-refractivity contribution >= 4 is 45.2 Å². The van der Waals surface area contributed by atoms with E-state index in [0.29, 0.717) is 12.2 Å². The first-order chi connectivity index (χ1) is 14.7. The summed E-state index contributed by atoms with van der Waals surface area (Å²) in [6, 6.07) is 20.1. The Hall–Kier alpha value is -3.29. The van der Waals surface area contributed by atoms with E-state index in [9.17, 15) is 4.79 Å². The largest absolute Gasteiger partial charge is 0.310 e. The van der Waals surface area contributed by atoms with E-state index in [0.717, 1.165) is 37.7 Å². The molecule has 0 unspecified atom stereocenters. The van der Waals surface area contributed by atoms with Gasteiger partial charge in [-0.15, -0.1) is 22.7 Å². The third-order valence-electron chi connectivity index (χ3n) is 4.78. The lowest BCUT2D eigenvalue weighted by atomic mass is 10.0. The lowest BCUT2D eigenvalue weighted by Crippen LogP contribution is -2.17. The minimum absolute atomic E-state index is 0.0810. The number of aromatic nitrogens is 3. The van der Waals surface area contributed by atoms with Crippen molar-refractivity contribution < 1.29 is 4.79 Å². The topological polar surface area (TPSA) is 59.8 Å². The van der Waals surface area contributed by atoms with E-state index in [2.05, 4.69) is 22.5 Å². The number of thiazole rings is 1. The molecule has 1 amide bonds. The van der Waals surface area contributed by atoms with E-state index in [-0.39, 0.29) is 5.91 Å². The number of nitrogens with zero attached hydrogens (tertiary/aromatic N) is 3. The molecule has 2 aromatic carbocycles. The summed E-state index contributed by atoms with van der Waals surface area (Å²) in [5, 5.41) is 14.6. The fourth-order valence-corrected chi connectivity index (χ4v) is 4.99. The Morgan fingerprint density at radius 2 is 1.93 bits per heavy atom. The highest BCUT2D eigenvalue weighted by molar-refractivity contribution is 7.15. The molecule has 0 aliphatic carbocycles. The molecule has 0 radical (unpaired) electrons. The number of aryl methyl sites for hydroxylation is 1. The number of amides is 1. The van der Waals surface area contributed by atoms with Crippen molar-refractivity contribution in [1.82, 2.24) is 14.8 Å². The first kappa shape index (κ1) is 18.7. The molecule has 0 aliphatic heterocycles. The molecule has 0 atom stereocenters. The lowest BCUT2D eigenvalue weighted by Gasteiger charge is -2.08. The molecular formula is C23H18N4OS2. The number of hydrogen-bond acceptors (Lipinski definition) is 5. The molecule has 0 saturated heterocycles. The molecule has 30 heavy (non-hydrogen) atoms. The zero-order valence-corrected chi connectivity index (χ0v) is 17.8. The van der Waals surface area contributed by atoms with Crippen LogP contribution in [0.2, 0.25) is 0 Å². The summed E-state index contributed by atoms with van der Waals surface area (Å²) in [5.41, 5.74) is 2.75. The number of fused-ring (bicyclic) bond motifs is 1. The normalized spacial score (nSPS) is 11.1. The fourth-order valence-electron chi connectivity index (χ4n) is 3.44. The molecule has 7 heteroatoms. The van der Waals surface area contributed by atoms with Crippen LogP contribution in [0.4, 0.5) is 5.82 Å². The van der Waals surface area contributed by atoms with Crippen LogP contribution in [0, 0.1) is 6.92 Å². The molecular weight excluding hydrogens is 412 g/mol. The number of carbonyl (C=O) groups is 1. The monoisotopic (exact) mass is 430 g/mol. The van der Waals surface area contributed by atoms with Crippen molar-refractivity contribution in [3.8, 4) is 15.7 Å². The number of anilines is 1. The summed E-state index contributed by atoms with van der Waals surface area (Å²) in [4.78, 5) is 18.7. The first-order valence-corrected chi connectivity index (χ1v) is 11.3. The number of benzene rings is 2. The zero-order chi connectivity index (χ0) is 20.5. The number of rotatable bonds is 5. The predicted molar refractivity (Wildman–Crippen MR) is 124 cm³/mol. The van der Waals surface area contributed by atoms with Crippen LogP contribution in [0.25, 0.3) is 26.5 Å². The van der Waals surface area contributed by atoms with Gasteiger partial charge in [-0.05, 0) is 34.7 Å². The van der Waals surface area contributed by atoms with E-state index in [1.807, 2.05) is 66.2 Å². The van der Waals surface area contributed by atoms with Crippen LogP contribution in [0.1, 0.15) is 11.3 Å². The molecule has 0 aliphatic rings. The summed E-state index contributed by atoms with van der Waals surface area (Å²) < 4.78 is 1.71. The van der Waals surface area contributed by atoms with Crippen molar-refractivity contribution in [2.24, 2.45) is 0 Å². The van der Waals surface area contributed by atoms with Crippen LogP contribution < -0.4 is 5.32 Å². The third-order valence-corrected chi connectivity index (χ3v) is 6.49. The van der Waals surface area contributed by atoms with Gasteiger partial charge >= 0.3 is 0 Å². The van der Waals surface area contributed by atoms with Crippen molar-refractivity contribution in [1.29, 1.82) is 0 Å². The highest BCUT2D eigenvalue weighted by Gasteiger charge is 2.15. The molecule has 0 fully saturated rings. The van der Waals surface area contributed by atoms with Gasteiger partial charge in [-0.1, -0.05) is 48.5 Å². The van der Waals surface area contributed by atoms with Crippen LogP contribution >= 0.6 is 22.7 Å². The van der Waals surface area contributed by atoms with Gasteiger partial charge in [-0.25, -0.2) is 4.98 Å². The molecule has 148 valence electrons. The second-order valence-corrected chi connectivity index (χ2v) is 8.72. The molecule has 0 saturated carbocycles. The average molecular weight is 431 g/mol. The SMILES string of the molecule is Cc1cc(NC(=O)Cc2cccc3ccccc23)n(-c2nc(-c3cccs3)cs2)n1. The predicted octanol–water partition coefficient (Wildman–Crippen LogP) is 5.70. The Morgan fingerprint density at radius 1 is 1.07 bits per heavy atom. The minimum Gasteiger partial charge on any atom is -0.310 e. The second kappa shape index (κ2) is 7.85. The van der Waals surface area contributed by atoms with E-state index >= 15 is 0 Å². The fraction of sp³-hybridized carbons (Fsp3) is 0.0870. The quantitative estimate of drug-likeness (QED) is 0.389. The van der Waals surface area contributed by atoms with Gasteiger partial charge in [0.05, 0.1) is 22.7 Å². The Morgan fingerprint density at radius 3 is 2.80 bits per heavy atom. The average Bonchev–Trinajstić information content (AvgIpc) is 3.49. The van der Waals surface area contributed by atoms with Gasteiger partial charge in [0.1, 0.15) is 5.82 Å². The summed E-state index contributed by atoms with van der Waals surface area (Å²) in [7, 11) is 0. The Kier molecular flexibility index (Phi) is 4.90. The van der Waals surface area contributed by atoms with Gasteiger partial charge in [0, 0.05) is 11.4 Å². The van der Waals surface area contributed by atoms with Crippen molar-refractivity contribution in [3.05, 3.63) is 82.7 Å². The summed E-state index contributed by atoms with van der Waals surface area (Å²) >= 11 is 3.16. The number of carbonyl (C=O) groups excluding carboxylic acids is 1. The van der Waals surface area contributed by atoms with Crippen LogP contribution in [0.15, 0.2) is 71.4 Å². The molecule has 5 aromatic rings. The van der Waals surface area contributed by atoms with Crippen LogP contribution in [-0.2, 0) is 11.2 Å². The highest BCUT2D eigenvalue weighted by Crippen LogP contribution is 2.29. The number of thiophene rings is 1. The van der Waals surface area contributed by atoms with E-state index in [1.54, 1.807) is 16.0 Å². The molecule has 3 aromatic heterocycles. The maximum Gasteiger partial charge on any atom is 0.229 e. The van der Waals surface area contributed by atoms with Crippen LogP contribution in [0.5, 0.6) is 0 Å². The maximum absolute atomic E-state index is 12.8. The molecule has 3 heterocycles. The van der Waals surface area contributed by atoms with E-state index in [1.165, 1.54) is 11.3 Å². The Labute approximate surface area is 181 Å². The van der Waals surface area contributed by atoms with Gasteiger partial charge < -0.3 is 5.32 Å². The van der Waals surface area contributed by atoms with Gasteiger partial charge in [-0.3, -0.25) is 4.79 Å². The molecule has 1 N–H and O–H groups in total. The van der Waals surface area contributed by atoms with Crippen molar-refractivity contribution in [2.45, 2.75) is 13.3 Å². The van der Waals surface area contributed by atoms with Gasteiger partial charge in [0.25, 0.3) is 0 Å². The molecule has 0 bridgehead atoms.